The summed E-state index contributed by atoms with van der Waals surface area (Å²) in [4.78, 5) is 32.1. The summed E-state index contributed by atoms with van der Waals surface area (Å²) in [6.45, 7) is 4.00. The van der Waals surface area contributed by atoms with Gasteiger partial charge in [-0.2, -0.15) is 0 Å². The molecule has 0 radical (unpaired) electrons. The minimum Gasteiger partial charge on any atom is -0.490 e. The molecule has 3 N–H and O–H groups in total. The average molecular weight is 410 g/mol. The van der Waals surface area contributed by atoms with Crippen LogP contribution in [-0.2, 0) is 4.79 Å². The van der Waals surface area contributed by atoms with Crippen LogP contribution < -0.4 is 20.5 Å². The van der Waals surface area contributed by atoms with Gasteiger partial charge in [0.1, 0.15) is 18.6 Å². The van der Waals surface area contributed by atoms with E-state index in [-0.39, 0.29) is 30.2 Å². The number of fused-ring (bicyclic) bond motifs is 1. The molecule has 1 unspecified atom stereocenters. The number of hydrogen-bond donors (Lipinski definition) is 2. The monoisotopic (exact) mass is 410 g/mol. The summed E-state index contributed by atoms with van der Waals surface area (Å²) >= 11 is 0. The lowest BCUT2D eigenvalue weighted by molar-refractivity contribution is -0.119. The number of oxazole rings is 1. The lowest BCUT2D eigenvalue weighted by Gasteiger charge is -2.17. The van der Waals surface area contributed by atoms with E-state index >= 15 is 0 Å². The fraction of sp³-hybridized carbons (Fsp3) is 0.333. The number of aromatic nitrogens is 2. The molecule has 0 aliphatic carbocycles. The Morgan fingerprint density at radius 1 is 1.33 bits per heavy atom. The average Bonchev–Trinajstić information content (AvgIpc) is 3.36. The fourth-order valence-corrected chi connectivity index (χ4v) is 3.41. The van der Waals surface area contributed by atoms with Crippen molar-refractivity contribution in [3.05, 3.63) is 36.4 Å². The first-order chi connectivity index (χ1) is 14.4. The topological polar surface area (TPSA) is 130 Å². The minimum absolute atomic E-state index is 0.0133. The zero-order valence-corrected chi connectivity index (χ0v) is 16.7. The molecular weight excluding hydrogens is 388 g/mol. The summed E-state index contributed by atoms with van der Waals surface area (Å²) in [7, 11) is 0. The number of nitrogens with one attached hydrogen (secondary N) is 1. The number of hydrogen-bond acceptors (Lipinski definition) is 7. The summed E-state index contributed by atoms with van der Waals surface area (Å²) < 4.78 is 17.2. The number of ether oxygens (including phenoxy) is 2. The Balaban J connectivity index is 1.82. The normalized spacial score (nSPS) is 16.1. The number of rotatable bonds is 7. The zero-order valence-electron chi connectivity index (χ0n) is 16.7. The largest absolute Gasteiger partial charge is 0.490 e. The SMILES string of the molecule is CC(C)Oc1cc2c(OCC3CCC(=O)N3)ncc(-c3ncco3)c2cc1C(N)=O. The molecule has 30 heavy (non-hydrogen) atoms. The highest BCUT2D eigenvalue weighted by molar-refractivity contribution is 6.05. The highest BCUT2D eigenvalue weighted by Crippen LogP contribution is 2.37. The van der Waals surface area contributed by atoms with Gasteiger partial charge in [0.15, 0.2) is 0 Å². The van der Waals surface area contributed by atoms with Crippen molar-refractivity contribution in [2.45, 2.75) is 38.8 Å². The summed E-state index contributed by atoms with van der Waals surface area (Å²) in [6, 6.07) is 3.26. The highest BCUT2D eigenvalue weighted by atomic mass is 16.5. The molecule has 9 heteroatoms. The maximum Gasteiger partial charge on any atom is 0.252 e. The van der Waals surface area contributed by atoms with Crippen molar-refractivity contribution in [1.82, 2.24) is 15.3 Å². The van der Waals surface area contributed by atoms with E-state index in [0.717, 1.165) is 0 Å². The molecule has 0 bridgehead atoms. The van der Waals surface area contributed by atoms with Crippen LogP contribution in [0.1, 0.15) is 37.0 Å². The quantitative estimate of drug-likeness (QED) is 0.612. The third-order valence-electron chi connectivity index (χ3n) is 4.75. The van der Waals surface area contributed by atoms with Crippen LogP contribution in [0.25, 0.3) is 22.2 Å². The Morgan fingerprint density at radius 3 is 2.80 bits per heavy atom. The zero-order chi connectivity index (χ0) is 21.3. The van der Waals surface area contributed by atoms with Gasteiger partial charge in [-0.15, -0.1) is 0 Å². The van der Waals surface area contributed by atoms with Crippen molar-refractivity contribution in [1.29, 1.82) is 0 Å². The second-order valence-electron chi connectivity index (χ2n) is 7.35. The van der Waals surface area contributed by atoms with Crippen LogP contribution in [-0.4, -0.2) is 40.5 Å². The van der Waals surface area contributed by atoms with E-state index in [1.54, 1.807) is 18.3 Å². The predicted octanol–water partition coefficient (Wildman–Crippen LogP) is 2.43. The van der Waals surface area contributed by atoms with Gasteiger partial charge in [-0.1, -0.05) is 0 Å². The van der Waals surface area contributed by atoms with Crippen molar-refractivity contribution in [2.75, 3.05) is 6.61 Å². The van der Waals surface area contributed by atoms with Crippen molar-refractivity contribution < 1.29 is 23.5 Å². The lowest BCUT2D eigenvalue weighted by Crippen LogP contribution is -2.31. The molecule has 3 aromatic rings. The van der Waals surface area contributed by atoms with Crippen molar-refractivity contribution >= 4 is 22.6 Å². The van der Waals surface area contributed by atoms with Gasteiger partial charge in [0.25, 0.3) is 5.91 Å². The van der Waals surface area contributed by atoms with Crippen LogP contribution >= 0.6 is 0 Å². The van der Waals surface area contributed by atoms with Crippen LogP contribution in [0, 0.1) is 0 Å². The van der Waals surface area contributed by atoms with Gasteiger partial charge in [-0.05, 0) is 32.4 Å². The molecule has 156 valence electrons. The fourth-order valence-electron chi connectivity index (χ4n) is 3.41. The molecule has 1 aromatic carbocycles. The Labute approximate surface area is 172 Å². The third-order valence-corrected chi connectivity index (χ3v) is 4.75. The van der Waals surface area contributed by atoms with Crippen LogP contribution in [0.15, 0.2) is 35.2 Å². The second-order valence-corrected chi connectivity index (χ2v) is 7.35. The molecule has 3 heterocycles. The number of primary amides is 1. The molecule has 9 nitrogen and oxygen atoms in total. The van der Waals surface area contributed by atoms with Gasteiger partial charge < -0.3 is 24.9 Å². The first kappa shape index (κ1) is 19.7. The molecular formula is C21H22N4O5. The summed E-state index contributed by atoms with van der Waals surface area (Å²) in [5, 5.41) is 4.13. The van der Waals surface area contributed by atoms with E-state index < -0.39 is 5.91 Å². The van der Waals surface area contributed by atoms with Gasteiger partial charge in [0.2, 0.25) is 17.7 Å². The van der Waals surface area contributed by atoms with Gasteiger partial charge >= 0.3 is 0 Å². The van der Waals surface area contributed by atoms with E-state index in [4.69, 9.17) is 19.6 Å². The first-order valence-electron chi connectivity index (χ1n) is 9.67. The summed E-state index contributed by atoms with van der Waals surface area (Å²) in [6.07, 6.45) is 5.59. The number of pyridine rings is 1. The van der Waals surface area contributed by atoms with Crippen LogP contribution in [0.5, 0.6) is 11.6 Å². The third kappa shape index (κ3) is 3.91. The molecule has 0 spiro atoms. The molecule has 1 saturated heterocycles. The number of carbonyl (C=O) groups is 2. The van der Waals surface area contributed by atoms with Crippen LogP contribution in [0.4, 0.5) is 0 Å². The molecule has 1 atom stereocenters. The molecule has 0 saturated carbocycles. The summed E-state index contributed by atoms with van der Waals surface area (Å²) in [5.41, 5.74) is 6.43. The smallest absolute Gasteiger partial charge is 0.252 e. The minimum atomic E-state index is -0.612. The van der Waals surface area contributed by atoms with Gasteiger partial charge in [0.05, 0.1) is 29.5 Å². The van der Waals surface area contributed by atoms with E-state index in [9.17, 15) is 9.59 Å². The first-order valence-corrected chi connectivity index (χ1v) is 9.67. The number of amides is 2. The molecule has 2 aromatic heterocycles. The molecule has 1 fully saturated rings. The van der Waals surface area contributed by atoms with Gasteiger partial charge in [-0.25, -0.2) is 9.97 Å². The van der Waals surface area contributed by atoms with Crippen molar-refractivity contribution in [3.63, 3.8) is 0 Å². The Morgan fingerprint density at radius 2 is 2.17 bits per heavy atom. The lowest BCUT2D eigenvalue weighted by atomic mass is 10.0. The Kier molecular flexibility index (Phi) is 5.26. The second kappa shape index (κ2) is 8.02. The standard InChI is InChI=1S/C21H22N4O5/c1-11(2)30-17-8-14-13(7-15(17)19(22)27)16(21-23-5-6-28-21)9-24-20(14)29-10-12-3-4-18(26)25-12/h5-9,11-12H,3-4,10H2,1-2H3,(H2,22,27)(H,25,26). The number of benzene rings is 1. The van der Waals surface area contributed by atoms with Crippen molar-refractivity contribution in [3.8, 4) is 23.1 Å². The molecule has 2 amide bonds. The van der Waals surface area contributed by atoms with Crippen LogP contribution in [0.3, 0.4) is 0 Å². The maximum atomic E-state index is 12.1. The van der Waals surface area contributed by atoms with E-state index in [2.05, 4.69) is 15.3 Å². The Hall–Kier alpha value is -3.62. The number of nitrogens with zero attached hydrogens (tertiary/aromatic N) is 2. The predicted molar refractivity (Wildman–Crippen MR) is 108 cm³/mol. The van der Waals surface area contributed by atoms with Gasteiger partial charge in [0, 0.05) is 23.4 Å². The molecule has 4 rings (SSSR count). The molecule has 1 aliphatic rings. The highest BCUT2D eigenvalue weighted by Gasteiger charge is 2.23. The van der Waals surface area contributed by atoms with Crippen molar-refractivity contribution in [2.24, 2.45) is 5.73 Å². The Bertz CT molecular complexity index is 1090. The van der Waals surface area contributed by atoms with Gasteiger partial charge in [-0.3, -0.25) is 9.59 Å². The van der Waals surface area contributed by atoms with E-state index in [1.807, 2.05) is 13.8 Å². The van der Waals surface area contributed by atoms with Crippen LogP contribution in [0.2, 0.25) is 0 Å². The summed E-state index contributed by atoms with van der Waals surface area (Å²) in [5.74, 6) is 0.453. The van der Waals surface area contributed by atoms with E-state index in [0.29, 0.717) is 46.7 Å². The van der Waals surface area contributed by atoms with E-state index in [1.165, 1.54) is 12.5 Å². The maximum absolute atomic E-state index is 12.1. The number of nitrogens with two attached hydrogens (primary N) is 1. The number of carbonyl (C=O) groups excluding carboxylic acids is 2. The molecule has 1 aliphatic heterocycles.